The van der Waals surface area contributed by atoms with Crippen molar-refractivity contribution in [2.24, 2.45) is 0 Å². The van der Waals surface area contributed by atoms with Crippen LogP contribution in [0.15, 0.2) is 162 Å². The van der Waals surface area contributed by atoms with Gasteiger partial charge in [0.15, 0.2) is 0 Å². The fourth-order valence-corrected chi connectivity index (χ4v) is 11.0. The standard InChI is InChI=1S/C65H65BN2O/c1-40-24-26-41(27-25-40)42-36-57-59-58(37-42)68(54-23-15-14-18-47(54)48-19-16-20-49-50-21-17-22-51(65(11,12)13)61(50)69-60(48)49)56-35-31-45(64(8,9)10)39-53(56)66(59)52-38-44(63(5,6)7)30-34-55(52)67(57)46-32-28-43(29-33-46)62(2,3)4/h14-39H,1-13H3. The number of hydrogen-bond donors (Lipinski definition) is 0. The summed E-state index contributed by atoms with van der Waals surface area (Å²) in [6.07, 6.45) is 0. The van der Waals surface area contributed by atoms with E-state index >= 15 is 0 Å². The summed E-state index contributed by atoms with van der Waals surface area (Å²) in [5.74, 6) is 0. The second kappa shape index (κ2) is 15.6. The van der Waals surface area contributed by atoms with Crippen molar-refractivity contribution < 1.29 is 4.42 Å². The van der Waals surface area contributed by atoms with Gasteiger partial charge in [0.25, 0.3) is 6.71 Å². The Kier molecular flexibility index (Phi) is 10.1. The Hall–Kier alpha value is -6.78. The molecule has 0 atom stereocenters. The number of benzene rings is 8. The minimum atomic E-state index is -0.0816. The van der Waals surface area contributed by atoms with Crippen LogP contribution in [0.2, 0.25) is 0 Å². The number of fused-ring (bicyclic) bond motifs is 7. The van der Waals surface area contributed by atoms with Crippen LogP contribution >= 0.6 is 0 Å². The number of para-hydroxylation sites is 3. The number of anilines is 6. The zero-order valence-electron chi connectivity index (χ0n) is 42.9. The molecule has 0 bridgehead atoms. The Morgan fingerprint density at radius 3 is 1.51 bits per heavy atom. The van der Waals surface area contributed by atoms with Crippen LogP contribution in [0.25, 0.3) is 44.2 Å². The molecule has 0 N–H and O–H groups in total. The van der Waals surface area contributed by atoms with Crippen molar-refractivity contribution in [1.29, 1.82) is 0 Å². The minimum absolute atomic E-state index is 0.0273. The number of hydrogen-bond acceptors (Lipinski definition) is 3. The lowest BCUT2D eigenvalue weighted by Gasteiger charge is -2.45. The summed E-state index contributed by atoms with van der Waals surface area (Å²) in [6.45, 7) is 29.9. The predicted molar refractivity (Wildman–Crippen MR) is 298 cm³/mol. The molecule has 9 aromatic rings. The van der Waals surface area contributed by atoms with Crippen LogP contribution in [0, 0.1) is 6.92 Å². The number of rotatable bonds is 4. The molecule has 0 unspecified atom stereocenters. The third kappa shape index (κ3) is 7.41. The van der Waals surface area contributed by atoms with E-state index in [1.165, 1.54) is 78.1 Å². The van der Waals surface area contributed by atoms with Gasteiger partial charge in [-0.15, -0.1) is 0 Å². The van der Waals surface area contributed by atoms with Crippen molar-refractivity contribution in [1.82, 2.24) is 0 Å². The maximum atomic E-state index is 7.12. The van der Waals surface area contributed by atoms with E-state index in [-0.39, 0.29) is 28.4 Å². The highest BCUT2D eigenvalue weighted by atomic mass is 16.3. The zero-order valence-corrected chi connectivity index (χ0v) is 42.9. The van der Waals surface area contributed by atoms with Gasteiger partial charge >= 0.3 is 0 Å². The van der Waals surface area contributed by atoms with E-state index in [0.29, 0.717) is 0 Å². The van der Waals surface area contributed by atoms with Gasteiger partial charge in [-0.05, 0) is 115 Å². The Labute approximate surface area is 410 Å². The molecular weight excluding hydrogens is 836 g/mol. The molecule has 344 valence electrons. The minimum Gasteiger partial charge on any atom is -0.455 e. The first kappa shape index (κ1) is 44.7. The molecule has 4 heteroatoms. The van der Waals surface area contributed by atoms with Gasteiger partial charge in [-0.25, -0.2) is 0 Å². The molecule has 0 radical (unpaired) electrons. The summed E-state index contributed by atoms with van der Waals surface area (Å²) in [6, 6.07) is 60.3. The van der Waals surface area contributed by atoms with E-state index < -0.39 is 0 Å². The van der Waals surface area contributed by atoms with Crippen molar-refractivity contribution in [3.05, 3.63) is 186 Å². The summed E-state index contributed by atoms with van der Waals surface area (Å²) in [7, 11) is 0. The molecule has 11 rings (SSSR count). The third-order valence-corrected chi connectivity index (χ3v) is 14.9. The number of nitrogens with zero attached hydrogens (tertiary/aromatic N) is 2. The fraction of sp³-hybridized carbons (Fsp3) is 0.262. The van der Waals surface area contributed by atoms with Gasteiger partial charge in [0.1, 0.15) is 11.2 Å². The summed E-state index contributed by atoms with van der Waals surface area (Å²) in [5.41, 5.74) is 23.8. The zero-order chi connectivity index (χ0) is 48.5. The second-order valence-electron chi connectivity index (χ2n) is 24.0. The van der Waals surface area contributed by atoms with Crippen molar-refractivity contribution >= 4 is 79.2 Å². The summed E-state index contributed by atoms with van der Waals surface area (Å²) < 4.78 is 7.12. The first-order valence-electron chi connectivity index (χ1n) is 25.0. The van der Waals surface area contributed by atoms with Gasteiger partial charge in [-0.3, -0.25) is 0 Å². The van der Waals surface area contributed by atoms with Gasteiger partial charge in [0.2, 0.25) is 0 Å². The van der Waals surface area contributed by atoms with E-state index in [0.717, 1.165) is 44.4 Å². The first-order chi connectivity index (χ1) is 32.7. The van der Waals surface area contributed by atoms with Crippen LogP contribution in [-0.2, 0) is 21.7 Å². The molecule has 3 nitrogen and oxygen atoms in total. The number of aryl methyl sites for hydroxylation is 1. The fourth-order valence-electron chi connectivity index (χ4n) is 11.0. The average Bonchev–Trinajstić information content (AvgIpc) is 3.69. The highest BCUT2D eigenvalue weighted by Gasteiger charge is 2.45. The topological polar surface area (TPSA) is 19.6 Å². The van der Waals surface area contributed by atoms with Crippen molar-refractivity contribution in [3.63, 3.8) is 0 Å². The van der Waals surface area contributed by atoms with Crippen LogP contribution in [-0.4, -0.2) is 6.71 Å². The Morgan fingerprint density at radius 1 is 0.391 bits per heavy atom. The molecule has 0 saturated heterocycles. The quantitative estimate of drug-likeness (QED) is 0.164. The molecule has 0 fully saturated rings. The van der Waals surface area contributed by atoms with Crippen molar-refractivity contribution in [3.8, 4) is 22.3 Å². The molecule has 0 amide bonds. The van der Waals surface area contributed by atoms with Crippen LogP contribution in [0.4, 0.5) is 34.1 Å². The molecule has 2 aliphatic rings. The number of furan rings is 1. The summed E-state index contributed by atoms with van der Waals surface area (Å²) in [4.78, 5) is 5.15. The van der Waals surface area contributed by atoms with Crippen molar-refractivity contribution in [2.45, 2.75) is 112 Å². The van der Waals surface area contributed by atoms with Crippen LogP contribution in [0.1, 0.15) is 111 Å². The molecule has 0 spiro atoms. The van der Waals surface area contributed by atoms with Crippen molar-refractivity contribution in [2.75, 3.05) is 9.80 Å². The smallest absolute Gasteiger partial charge is 0.252 e. The van der Waals surface area contributed by atoms with E-state index in [1.807, 2.05) is 0 Å². The van der Waals surface area contributed by atoms with E-state index in [1.54, 1.807) is 0 Å². The van der Waals surface area contributed by atoms with E-state index in [4.69, 9.17) is 4.42 Å². The van der Waals surface area contributed by atoms with Crippen LogP contribution < -0.4 is 26.2 Å². The largest absolute Gasteiger partial charge is 0.455 e. The van der Waals surface area contributed by atoms with E-state index in [2.05, 4.69) is 258 Å². The highest BCUT2D eigenvalue weighted by molar-refractivity contribution is 7.00. The van der Waals surface area contributed by atoms with Gasteiger partial charge < -0.3 is 14.2 Å². The lowest BCUT2D eigenvalue weighted by Crippen LogP contribution is -2.61. The Morgan fingerprint density at radius 2 is 0.913 bits per heavy atom. The Balaban J connectivity index is 1.26. The molecule has 3 heterocycles. The average molecular weight is 901 g/mol. The molecular formula is C65H65BN2O. The summed E-state index contributed by atoms with van der Waals surface area (Å²) >= 11 is 0. The lowest BCUT2D eigenvalue weighted by molar-refractivity contribution is 0.573. The molecule has 0 aliphatic carbocycles. The SMILES string of the molecule is Cc1ccc(-c2cc3c4c(c2)N(c2ccccc2-c2cccc5c2oc2c(C(C)(C)C)cccc25)c2ccc(C(C)(C)C)cc2B4c2cc(C(C)(C)C)ccc2N3c2ccc(C(C)(C)C)cc2)cc1. The Bertz CT molecular complexity index is 3490. The molecule has 1 aromatic heterocycles. The van der Waals surface area contributed by atoms with Crippen LogP contribution in [0.5, 0.6) is 0 Å². The first-order valence-corrected chi connectivity index (χ1v) is 25.0. The normalized spacial score (nSPS) is 13.8. The molecule has 2 aliphatic heterocycles. The molecule has 8 aromatic carbocycles. The van der Waals surface area contributed by atoms with Gasteiger partial charge in [-0.1, -0.05) is 204 Å². The van der Waals surface area contributed by atoms with E-state index in [9.17, 15) is 0 Å². The molecule has 69 heavy (non-hydrogen) atoms. The maximum absolute atomic E-state index is 7.12. The second-order valence-corrected chi connectivity index (χ2v) is 24.0. The van der Waals surface area contributed by atoms with Gasteiger partial charge in [-0.2, -0.15) is 0 Å². The summed E-state index contributed by atoms with van der Waals surface area (Å²) in [5, 5.41) is 2.29. The monoisotopic (exact) mass is 901 g/mol. The van der Waals surface area contributed by atoms with Gasteiger partial charge in [0, 0.05) is 55.9 Å². The lowest BCUT2D eigenvalue weighted by atomic mass is 9.33. The highest BCUT2D eigenvalue weighted by Crippen LogP contribution is 2.50. The van der Waals surface area contributed by atoms with Crippen LogP contribution in [0.3, 0.4) is 0 Å². The maximum Gasteiger partial charge on any atom is 0.252 e. The third-order valence-electron chi connectivity index (χ3n) is 14.9. The van der Waals surface area contributed by atoms with Gasteiger partial charge in [0.05, 0.1) is 5.69 Å². The predicted octanol–water partition coefficient (Wildman–Crippen LogP) is 16.5. The molecule has 0 saturated carbocycles.